The van der Waals surface area contributed by atoms with E-state index in [-0.39, 0.29) is 5.91 Å². The molecule has 0 saturated carbocycles. The first-order valence-electron chi connectivity index (χ1n) is 8.39. The number of carbonyl (C=O) groups excluding carboxylic acids is 1. The summed E-state index contributed by atoms with van der Waals surface area (Å²) in [5.41, 5.74) is 6.07. The third-order valence-electron chi connectivity index (χ3n) is 4.84. The molecule has 122 valence electrons. The number of aromatic nitrogens is 2. The number of benzene rings is 2. The second-order valence-corrected chi connectivity index (χ2v) is 6.66. The van der Waals surface area contributed by atoms with Crippen molar-refractivity contribution in [3.8, 4) is 0 Å². The van der Waals surface area contributed by atoms with Crippen LogP contribution in [0.4, 0.5) is 0 Å². The molecule has 2 heterocycles. The highest BCUT2D eigenvalue weighted by Gasteiger charge is 2.21. The maximum Gasteiger partial charge on any atom is 0.244 e. The van der Waals surface area contributed by atoms with E-state index in [9.17, 15) is 4.79 Å². The molecule has 4 rings (SSSR count). The van der Waals surface area contributed by atoms with Gasteiger partial charge >= 0.3 is 0 Å². The second-order valence-electron chi connectivity index (χ2n) is 6.66. The van der Waals surface area contributed by atoms with E-state index in [4.69, 9.17) is 0 Å². The highest BCUT2D eigenvalue weighted by atomic mass is 16.2. The number of carbonyl (C=O) groups is 1. The van der Waals surface area contributed by atoms with Crippen LogP contribution < -0.4 is 0 Å². The second kappa shape index (κ2) is 5.78. The molecule has 0 atom stereocenters. The molecule has 1 aliphatic heterocycles. The summed E-state index contributed by atoms with van der Waals surface area (Å²) in [7, 11) is 0. The Balaban J connectivity index is 1.57. The standard InChI is InChI=1S/C20H21N3O/c1-14-9-15(2)20-18(10-14)11-21-23(20)13-19(24)22-8-7-16-5-3-4-6-17(16)12-22/h3-6,9-11H,7-8,12-13H2,1-2H3. The van der Waals surface area contributed by atoms with Gasteiger partial charge in [-0.25, -0.2) is 0 Å². The molecule has 1 amide bonds. The Labute approximate surface area is 141 Å². The summed E-state index contributed by atoms with van der Waals surface area (Å²) in [5.74, 6) is 0.134. The molecule has 24 heavy (non-hydrogen) atoms. The van der Waals surface area contributed by atoms with Gasteiger partial charge in [-0.1, -0.05) is 35.9 Å². The highest BCUT2D eigenvalue weighted by Crippen LogP contribution is 2.22. The minimum atomic E-state index is 0.134. The molecule has 3 aromatic rings. The van der Waals surface area contributed by atoms with Crippen molar-refractivity contribution in [1.29, 1.82) is 0 Å². The van der Waals surface area contributed by atoms with E-state index in [0.29, 0.717) is 13.1 Å². The highest BCUT2D eigenvalue weighted by molar-refractivity contribution is 5.85. The van der Waals surface area contributed by atoms with Gasteiger partial charge < -0.3 is 4.90 Å². The van der Waals surface area contributed by atoms with Gasteiger partial charge in [-0.15, -0.1) is 0 Å². The van der Waals surface area contributed by atoms with E-state index in [0.717, 1.165) is 23.9 Å². The van der Waals surface area contributed by atoms with Gasteiger partial charge in [0.25, 0.3) is 0 Å². The number of aryl methyl sites for hydroxylation is 2. The summed E-state index contributed by atoms with van der Waals surface area (Å²) in [6.45, 7) is 5.95. The Morgan fingerprint density at radius 1 is 1.17 bits per heavy atom. The average molecular weight is 319 g/mol. The lowest BCUT2D eigenvalue weighted by atomic mass is 10.00. The Kier molecular flexibility index (Phi) is 3.60. The van der Waals surface area contributed by atoms with Crippen molar-refractivity contribution in [1.82, 2.24) is 14.7 Å². The van der Waals surface area contributed by atoms with Gasteiger partial charge in [0.15, 0.2) is 0 Å². The molecule has 4 heteroatoms. The van der Waals surface area contributed by atoms with Gasteiger partial charge in [0.2, 0.25) is 5.91 Å². The van der Waals surface area contributed by atoms with Crippen molar-refractivity contribution in [2.45, 2.75) is 33.4 Å². The van der Waals surface area contributed by atoms with E-state index in [1.165, 1.54) is 22.3 Å². The smallest absolute Gasteiger partial charge is 0.244 e. The molecule has 1 aliphatic rings. The number of hydrogen-bond acceptors (Lipinski definition) is 2. The fourth-order valence-electron chi connectivity index (χ4n) is 3.69. The van der Waals surface area contributed by atoms with Gasteiger partial charge in [-0.05, 0) is 43.0 Å². The average Bonchev–Trinajstić information content (AvgIpc) is 2.97. The van der Waals surface area contributed by atoms with Crippen molar-refractivity contribution in [3.63, 3.8) is 0 Å². The first kappa shape index (κ1) is 14.9. The zero-order valence-corrected chi connectivity index (χ0v) is 14.1. The molecule has 0 N–H and O–H groups in total. The van der Waals surface area contributed by atoms with E-state index in [1.54, 1.807) is 0 Å². The Bertz CT molecular complexity index is 926. The molecular formula is C20H21N3O. The molecule has 0 aliphatic carbocycles. The van der Waals surface area contributed by atoms with Gasteiger partial charge in [0, 0.05) is 18.5 Å². The summed E-state index contributed by atoms with van der Waals surface area (Å²) < 4.78 is 1.84. The van der Waals surface area contributed by atoms with Crippen molar-refractivity contribution in [3.05, 3.63) is 64.8 Å². The van der Waals surface area contributed by atoms with Crippen molar-refractivity contribution >= 4 is 16.8 Å². The molecule has 0 saturated heterocycles. The number of fused-ring (bicyclic) bond motifs is 2. The number of hydrogen-bond donors (Lipinski definition) is 0. The Morgan fingerprint density at radius 3 is 2.79 bits per heavy atom. The summed E-state index contributed by atoms with van der Waals surface area (Å²) >= 11 is 0. The molecule has 0 spiro atoms. The largest absolute Gasteiger partial charge is 0.336 e. The summed E-state index contributed by atoms with van der Waals surface area (Å²) in [6, 6.07) is 12.6. The van der Waals surface area contributed by atoms with Crippen LogP contribution in [-0.4, -0.2) is 27.1 Å². The predicted molar refractivity (Wildman–Crippen MR) is 94.8 cm³/mol. The lowest BCUT2D eigenvalue weighted by molar-refractivity contribution is -0.132. The van der Waals surface area contributed by atoms with Gasteiger partial charge in [0.05, 0.1) is 11.7 Å². The monoisotopic (exact) mass is 319 g/mol. The van der Waals surface area contributed by atoms with Crippen LogP contribution in [0.2, 0.25) is 0 Å². The van der Waals surface area contributed by atoms with Crippen LogP contribution >= 0.6 is 0 Å². The molecular weight excluding hydrogens is 298 g/mol. The fraction of sp³-hybridized carbons (Fsp3) is 0.300. The summed E-state index contributed by atoms with van der Waals surface area (Å²) in [4.78, 5) is 14.7. The lowest BCUT2D eigenvalue weighted by Gasteiger charge is -2.29. The summed E-state index contributed by atoms with van der Waals surface area (Å²) in [5, 5.41) is 5.55. The van der Waals surface area contributed by atoms with Gasteiger partial charge in [-0.2, -0.15) is 5.10 Å². The first-order chi connectivity index (χ1) is 11.6. The van der Waals surface area contributed by atoms with Crippen LogP contribution in [0.25, 0.3) is 10.9 Å². The van der Waals surface area contributed by atoms with Crippen molar-refractivity contribution < 1.29 is 4.79 Å². The van der Waals surface area contributed by atoms with E-state index in [2.05, 4.69) is 49.3 Å². The van der Waals surface area contributed by atoms with E-state index < -0.39 is 0 Å². The minimum absolute atomic E-state index is 0.134. The SMILES string of the molecule is Cc1cc(C)c2c(cnn2CC(=O)N2CCc3ccccc3C2)c1. The number of rotatable bonds is 2. The topological polar surface area (TPSA) is 38.1 Å². The molecule has 1 aromatic heterocycles. The zero-order chi connectivity index (χ0) is 16.7. The van der Waals surface area contributed by atoms with Crippen LogP contribution in [-0.2, 0) is 24.3 Å². The molecule has 0 radical (unpaired) electrons. The van der Waals surface area contributed by atoms with Crippen LogP contribution in [0.1, 0.15) is 22.3 Å². The van der Waals surface area contributed by atoms with Gasteiger partial charge in [-0.3, -0.25) is 9.48 Å². The van der Waals surface area contributed by atoms with Crippen molar-refractivity contribution in [2.75, 3.05) is 6.54 Å². The molecule has 4 nitrogen and oxygen atoms in total. The van der Waals surface area contributed by atoms with Crippen LogP contribution in [0, 0.1) is 13.8 Å². The van der Waals surface area contributed by atoms with Crippen LogP contribution in [0.3, 0.4) is 0 Å². The maximum absolute atomic E-state index is 12.8. The zero-order valence-electron chi connectivity index (χ0n) is 14.1. The van der Waals surface area contributed by atoms with E-state index in [1.807, 2.05) is 21.8 Å². The number of amides is 1. The molecule has 0 unspecified atom stereocenters. The fourth-order valence-corrected chi connectivity index (χ4v) is 3.69. The van der Waals surface area contributed by atoms with Gasteiger partial charge in [0.1, 0.15) is 6.54 Å². The third kappa shape index (κ3) is 2.58. The molecule has 0 fully saturated rings. The quantitative estimate of drug-likeness (QED) is 0.727. The van der Waals surface area contributed by atoms with Crippen LogP contribution in [0.5, 0.6) is 0 Å². The lowest BCUT2D eigenvalue weighted by Crippen LogP contribution is -2.38. The maximum atomic E-state index is 12.8. The third-order valence-corrected chi connectivity index (χ3v) is 4.84. The normalized spacial score (nSPS) is 14.0. The Hall–Kier alpha value is -2.62. The Morgan fingerprint density at radius 2 is 1.96 bits per heavy atom. The summed E-state index contributed by atoms with van der Waals surface area (Å²) in [6.07, 6.45) is 2.79. The van der Waals surface area contributed by atoms with Crippen molar-refractivity contribution in [2.24, 2.45) is 0 Å². The molecule has 2 aromatic carbocycles. The predicted octanol–water partition coefficient (Wildman–Crippen LogP) is 3.24. The first-order valence-corrected chi connectivity index (χ1v) is 8.39. The minimum Gasteiger partial charge on any atom is -0.336 e. The van der Waals surface area contributed by atoms with Crippen LogP contribution in [0.15, 0.2) is 42.6 Å². The van der Waals surface area contributed by atoms with E-state index >= 15 is 0 Å². The molecule has 0 bridgehead atoms. The number of nitrogens with zero attached hydrogens (tertiary/aromatic N) is 3.